The Morgan fingerprint density at radius 1 is 1.20 bits per heavy atom. The zero-order chi connectivity index (χ0) is 17.8. The van der Waals surface area contributed by atoms with Crippen LogP contribution in [0.1, 0.15) is 5.56 Å². The molecule has 0 aliphatic heterocycles. The third-order valence-electron chi connectivity index (χ3n) is 3.70. The number of halogens is 1. The number of carbonyl (C=O) groups is 1. The van der Waals surface area contributed by atoms with Crippen LogP contribution in [-0.2, 0) is 18.4 Å². The van der Waals surface area contributed by atoms with E-state index in [1.807, 2.05) is 36.4 Å². The van der Waals surface area contributed by atoms with Crippen molar-refractivity contribution in [2.75, 3.05) is 5.75 Å². The first-order valence-electron chi connectivity index (χ1n) is 7.64. The minimum atomic E-state index is -0.200. The maximum atomic E-state index is 12.3. The van der Waals surface area contributed by atoms with Gasteiger partial charge in [-0.25, -0.2) is 4.98 Å². The second-order valence-electron chi connectivity index (χ2n) is 5.46. The Hall–Kier alpha value is -2.31. The molecule has 0 bridgehead atoms. The van der Waals surface area contributed by atoms with Crippen LogP contribution in [0, 0.1) is 0 Å². The fraction of sp³-hybridized carbons (Fsp3) is 0.167. The second kappa shape index (κ2) is 7.72. The van der Waals surface area contributed by atoms with E-state index in [9.17, 15) is 9.59 Å². The van der Waals surface area contributed by atoms with Crippen LogP contribution in [0.2, 0.25) is 5.02 Å². The lowest BCUT2D eigenvalue weighted by molar-refractivity contribution is -0.118. The van der Waals surface area contributed by atoms with Crippen molar-refractivity contribution in [3.63, 3.8) is 0 Å². The molecule has 1 N–H and O–H groups in total. The monoisotopic (exact) mass is 373 g/mol. The molecule has 0 aliphatic rings. The highest BCUT2D eigenvalue weighted by molar-refractivity contribution is 7.99. The molecule has 25 heavy (non-hydrogen) atoms. The fourth-order valence-corrected chi connectivity index (χ4v) is 3.25. The number of carbonyl (C=O) groups excluding carboxylic acids is 1. The number of nitrogens with one attached hydrogen (secondary N) is 1. The minimum Gasteiger partial charge on any atom is -0.351 e. The SMILES string of the molecule is Cn1c(=O)c(SCC(=O)NCc2ccc(Cl)cc2)nc2ccccc21. The van der Waals surface area contributed by atoms with E-state index in [0.29, 0.717) is 16.6 Å². The number of benzene rings is 2. The molecule has 0 radical (unpaired) electrons. The lowest BCUT2D eigenvalue weighted by Crippen LogP contribution is -2.26. The number of rotatable bonds is 5. The predicted octanol–water partition coefficient (Wildman–Crippen LogP) is 3.00. The first-order chi connectivity index (χ1) is 12.0. The first-order valence-corrected chi connectivity index (χ1v) is 9.00. The summed E-state index contributed by atoms with van der Waals surface area (Å²) in [4.78, 5) is 28.7. The number of aryl methyl sites for hydroxylation is 1. The highest BCUT2D eigenvalue weighted by atomic mass is 35.5. The molecule has 1 heterocycles. The number of hydrogen-bond acceptors (Lipinski definition) is 4. The molecule has 3 aromatic rings. The molecule has 0 saturated carbocycles. The summed E-state index contributed by atoms with van der Waals surface area (Å²) in [6, 6.07) is 14.7. The topological polar surface area (TPSA) is 64.0 Å². The van der Waals surface area contributed by atoms with E-state index in [1.54, 1.807) is 23.7 Å². The molecule has 5 nitrogen and oxygen atoms in total. The highest BCUT2D eigenvalue weighted by Crippen LogP contribution is 2.15. The van der Waals surface area contributed by atoms with Crippen LogP contribution < -0.4 is 10.9 Å². The summed E-state index contributed by atoms with van der Waals surface area (Å²) in [5.41, 5.74) is 2.26. The molecule has 0 spiro atoms. The van der Waals surface area contributed by atoms with Gasteiger partial charge in [0.05, 0.1) is 16.8 Å². The Morgan fingerprint density at radius 3 is 2.68 bits per heavy atom. The number of para-hydroxylation sites is 2. The van der Waals surface area contributed by atoms with E-state index < -0.39 is 0 Å². The Balaban J connectivity index is 1.64. The van der Waals surface area contributed by atoms with E-state index in [4.69, 9.17) is 11.6 Å². The average molecular weight is 374 g/mol. The van der Waals surface area contributed by atoms with Gasteiger partial charge < -0.3 is 9.88 Å². The molecular formula is C18H16ClN3O2S. The molecule has 3 rings (SSSR count). The van der Waals surface area contributed by atoms with Crippen molar-refractivity contribution in [1.82, 2.24) is 14.9 Å². The van der Waals surface area contributed by atoms with E-state index in [1.165, 1.54) is 0 Å². The zero-order valence-corrected chi connectivity index (χ0v) is 15.1. The number of amides is 1. The maximum absolute atomic E-state index is 12.3. The minimum absolute atomic E-state index is 0.133. The van der Waals surface area contributed by atoms with E-state index in [2.05, 4.69) is 10.3 Å². The summed E-state index contributed by atoms with van der Waals surface area (Å²) < 4.78 is 1.55. The standard InChI is InChI=1S/C18H16ClN3O2S/c1-22-15-5-3-2-4-14(15)21-17(18(22)24)25-11-16(23)20-10-12-6-8-13(19)9-7-12/h2-9H,10-11H2,1H3,(H,20,23). The summed E-state index contributed by atoms with van der Waals surface area (Å²) in [6.07, 6.45) is 0. The van der Waals surface area contributed by atoms with Crippen LogP contribution in [0.25, 0.3) is 11.0 Å². The smallest absolute Gasteiger partial charge is 0.283 e. The Kier molecular flexibility index (Phi) is 5.40. The fourth-order valence-electron chi connectivity index (χ4n) is 2.33. The maximum Gasteiger partial charge on any atom is 0.283 e. The molecule has 1 amide bonds. The predicted molar refractivity (Wildman–Crippen MR) is 101 cm³/mol. The molecule has 0 aliphatic carbocycles. The van der Waals surface area contributed by atoms with E-state index in [0.717, 1.165) is 28.4 Å². The number of thioether (sulfide) groups is 1. The molecule has 0 atom stereocenters. The summed E-state index contributed by atoms with van der Waals surface area (Å²) in [6.45, 7) is 0.416. The highest BCUT2D eigenvalue weighted by Gasteiger charge is 2.11. The van der Waals surface area contributed by atoms with Crippen molar-refractivity contribution in [3.8, 4) is 0 Å². The quantitative estimate of drug-likeness (QED) is 0.698. The first kappa shape index (κ1) is 17.5. The van der Waals surface area contributed by atoms with Crippen LogP contribution in [0.3, 0.4) is 0 Å². The van der Waals surface area contributed by atoms with Gasteiger partial charge in [-0.05, 0) is 29.8 Å². The summed E-state index contributed by atoms with van der Waals surface area (Å²) in [5, 5.41) is 3.80. The lowest BCUT2D eigenvalue weighted by Gasteiger charge is -2.08. The van der Waals surface area contributed by atoms with Crippen LogP contribution in [-0.4, -0.2) is 21.2 Å². The lowest BCUT2D eigenvalue weighted by atomic mass is 10.2. The molecule has 7 heteroatoms. The van der Waals surface area contributed by atoms with Gasteiger partial charge in [-0.2, -0.15) is 0 Å². The van der Waals surface area contributed by atoms with Crippen LogP contribution in [0.5, 0.6) is 0 Å². The summed E-state index contributed by atoms with van der Waals surface area (Å²) in [5.74, 6) is -0.0225. The number of aromatic nitrogens is 2. The Morgan fingerprint density at radius 2 is 1.92 bits per heavy atom. The molecular weight excluding hydrogens is 358 g/mol. The van der Waals surface area contributed by atoms with Crippen molar-refractivity contribution >= 4 is 40.3 Å². The second-order valence-corrected chi connectivity index (χ2v) is 6.86. The van der Waals surface area contributed by atoms with Crippen molar-refractivity contribution in [3.05, 3.63) is 69.5 Å². The van der Waals surface area contributed by atoms with Crippen molar-refractivity contribution in [2.45, 2.75) is 11.6 Å². The van der Waals surface area contributed by atoms with E-state index >= 15 is 0 Å². The van der Waals surface area contributed by atoms with Gasteiger partial charge >= 0.3 is 0 Å². The number of fused-ring (bicyclic) bond motifs is 1. The van der Waals surface area contributed by atoms with Gasteiger partial charge in [0, 0.05) is 18.6 Å². The van der Waals surface area contributed by atoms with E-state index in [-0.39, 0.29) is 17.2 Å². The largest absolute Gasteiger partial charge is 0.351 e. The van der Waals surface area contributed by atoms with Crippen LogP contribution >= 0.6 is 23.4 Å². The Bertz CT molecular complexity index is 970. The number of nitrogens with zero attached hydrogens (tertiary/aromatic N) is 2. The average Bonchev–Trinajstić information content (AvgIpc) is 2.63. The molecule has 0 saturated heterocycles. The van der Waals surface area contributed by atoms with Crippen molar-refractivity contribution in [2.24, 2.45) is 7.05 Å². The third-order valence-corrected chi connectivity index (χ3v) is 4.89. The van der Waals surface area contributed by atoms with Crippen LogP contribution in [0.4, 0.5) is 0 Å². The summed E-state index contributed by atoms with van der Waals surface area (Å²) >= 11 is 6.98. The number of hydrogen-bond donors (Lipinski definition) is 1. The van der Waals surface area contributed by atoms with Crippen molar-refractivity contribution in [1.29, 1.82) is 0 Å². The van der Waals surface area contributed by atoms with Gasteiger partial charge in [-0.15, -0.1) is 0 Å². The molecule has 0 unspecified atom stereocenters. The molecule has 0 fully saturated rings. The van der Waals surface area contributed by atoms with Gasteiger partial charge in [-0.1, -0.05) is 47.6 Å². The molecule has 2 aromatic carbocycles. The zero-order valence-electron chi connectivity index (χ0n) is 13.5. The van der Waals surface area contributed by atoms with Gasteiger partial charge in [-0.3, -0.25) is 9.59 Å². The van der Waals surface area contributed by atoms with Gasteiger partial charge in [0.15, 0.2) is 5.03 Å². The van der Waals surface area contributed by atoms with Crippen molar-refractivity contribution < 1.29 is 4.79 Å². The Labute approximate surface area is 154 Å². The molecule has 128 valence electrons. The van der Waals surface area contributed by atoms with Gasteiger partial charge in [0.25, 0.3) is 5.56 Å². The van der Waals surface area contributed by atoms with Crippen LogP contribution in [0.15, 0.2) is 58.4 Å². The van der Waals surface area contributed by atoms with Gasteiger partial charge in [0.2, 0.25) is 5.91 Å². The summed E-state index contributed by atoms with van der Waals surface area (Å²) in [7, 11) is 1.71. The van der Waals surface area contributed by atoms with Gasteiger partial charge in [0.1, 0.15) is 0 Å². The molecule has 1 aromatic heterocycles. The normalized spacial score (nSPS) is 10.8. The third kappa shape index (κ3) is 4.21.